The number of aromatic hydroxyl groups is 1. The predicted octanol–water partition coefficient (Wildman–Crippen LogP) is 1.67. The number of nitriles is 1. The number of phenols is 1. The van der Waals surface area contributed by atoms with Crippen LogP contribution in [0.1, 0.15) is 12.0 Å². The monoisotopic (exact) mass is 188 g/mol. The summed E-state index contributed by atoms with van der Waals surface area (Å²) in [5.74, 6) is 0.325. The SMILES string of the molecule is N#CCCN1CCc2cc(O)ccc21. The molecule has 2 rings (SSSR count). The third-order valence-corrected chi connectivity index (χ3v) is 2.55. The maximum absolute atomic E-state index is 9.29. The van der Waals surface area contributed by atoms with Crippen LogP contribution in [-0.2, 0) is 6.42 Å². The Morgan fingerprint density at radius 1 is 1.50 bits per heavy atom. The Bertz CT molecular complexity index is 381. The maximum atomic E-state index is 9.29. The van der Waals surface area contributed by atoms with E-state index in [0.717, 1.165) is 25.2 Å². The molecule has 0 atom stereocenters. The van der Waals surface area contributed by atoms with Crippen LogP contribution in [0.15, 0.2) is 18.2 Å². The van der Waals surface area contributed by atoms with Crippen molar-refractivity contribution in [3.05, 3.63) is 23.8 Å². The molecule has 1 N–H and O–H groups in total. The topological polar surface area (TPSA) is 47.3 Å². The number of nitrogens with zero attached hydrogens (tertiary/aromatic N) is 2. The van der Waals surface area contributed by atoms with Crippen molar-refractivity contribution in [1.82, 2.24) is 0 Å². The predicted molar refractivity (Wildman–Crippen MR) is 54.3 cm³/mol. The lowest BCUT2D eigenvalue weighted by molar-refractivity contribution is 0.475. The molecule has 0 aliphatic carbocycles. The molecule has 0 aromatic heterocycles. The number of fused-ring (bicyclic) bond motifs is 1. The minimum absolute atomic E-state index is 0.325. The van der Waals surface area contributed by atoms with Crippen molar-refractivity contribution in [3.8, 4) is 11.8 Å². The smallest absolute Gasteiger partial charge is 0.116 e. The van der Waals surface area contributed by atoms with Crippen LogP contribution in [0.2, 0.25) is 0 Å². The second-order valence-electron chi connectivity index (χ2n) is 3.46. The lowest BCUT2D eigenvalue weighted by Crippen LogP contribution is -2.21. The molecule has 1 heterocycles. The zero-order chi connectivity index (χ0) is 9.97. The number of rotatable bonds is 2. The molecule has 0 saturated heterocycles. The van der Waals surface area contributed by atoms with E-state index in [9.17, 15) is 5.11 Å². The highest BCUT2D eigenvalue weighted by molar-refractivity contribution is 5.60. The highest BCUT2D eigenvalue weighted by atomic mass is 16.3. The summed E-state index contributed by atoms with van der Waals surface area (Å²) in [4.78, 5) is 2.19. The van der Waals surface area contributed by atoms with Crippen LogP contribution in [-0.4, -0.2) is 18.2 Å². The molecule has 0 bridgehead atoms. The van der Waals surface area contributed by atoms with Gasteiger partial charge in [0.25, 0.3) is 0 Å². The summed E-state index contributed by atoms with van der Waals surface area (Å²) in [6.07, 6.45) is 1.52. The molecule has 0 unspecified atom stereocenters. The van der Waals surface area contributed by atoms with Gasteiger partial charge in [-0.1, -0.05) is 0 Å². The van der Waals surface area contributed by atoms with Crippen LogP contribution in [0.3, 0.4) is 0 Å². The molecule has 0 fully saturated rings. The van der Waals surface area contributed by atoms with E-state index in [-0.39, 0.29) is 0 Å². The standard InChI is InChI=1S/C11H12N2O/c12-5-1-6-13-7-4-9-8-10(14)2-3-11(9)13/h2-3,8,14H,1,4,6-7H2. The first kappa shape index (κ1) is 8.89. The van der Waals surface area contributed by atoms with Gasteiger partial charge in [-0.05, 0) is 30.2 Å². The third-order valence-electron chi connectivity index (χ3n) is 2.55. The Hall–Kier alpha value is -1.69. The fraction of sp³-hybridized carbons (Fsp3) is 0.364. The Labute approximate surface area is 83.2 Å². The van der Waals surface area contributed by atoms with Crippen LogP contribution in [0.4, 0.5) is 5.69 Å². The Morgan fingerprint density at radius 2 is 2.36 bits per heavy atom. The molecule has 3 nitrogen and oxygen atoms in total. The molecule has 1 aromatic carbocycles. The van der Waals surface area contributed by atoms with Gasteiger partial charge >= 0.3 is 0 Å². The Balaban J connectivity index is 2.19. The van der Waals surface area contributed by atoms with Crippen LogP contribution >= 0.6 is 0 Å². The van der Waals surface area contributed by atoms with E-state index in [1.165, 1.54) is 5.56 Å². The van der Waals surface area contributed by atoms with E-state index in [1.54, 1.807) is 6.07 Å². The maximum Gasteiger partial charge on any atom is 0.116 e. The quantitative estimate of drug-likeness (QED) is 0.768. The average Bonchev–Trinajstić information content (AvgIpc) is 2.57. The summed E-state index contributed by atoms with van der Waals surface area (Å²) >= 11 is 0. The van der Waals surface area contributed by atoms with E-state index in [1.807, 2.05) is 12.1 Å². The first-order valence-electron chi connectivity index (χ1n) is 4.75. The Kier molecular flexibility index (Phi) is 2.28. The number of hydrogen-bond acceptors (Lipinski definition) is 3. The van der Waals surface area contributed by atoms with Crippen molar-refractivity contribution >= 4 is 5.69 Å². The zero-order valence-corrected chi connectivity index (χ0v) is 7.90. The molecule has 0 amide bonds. The second-order valence-corrected chi connectivity index (χ2v) is 3.46. The number of phenolic OH excluding ortho intramolecular Hbond substituents is 1. The molecule has 0 saturated carbocycles. The lowest BCUT2D eigenvalue weighted by Gasteiger charge is -2.17. The molecule has 72 valence electrons. The van der Waals surface area contributed by atoms with Crippen molar-refractivity contribution in [3.63, 3.8) is 0 Å². The zero-order valence-electron chi connectivity index (χ0n) is 7.90. The van der Waals surface area contributed by atoms with Crippen molar-refractivity contribution in [2.75, 3.05) is 18.0 Å². The summed E-state index contributed by atoms with van der Waals surface area (Å²) in [6.45, 7) is 1.74. The second kappa shape index (κ2) is 3.59. The molecular formula is C11H12N2O. The molecular weight excluding hydrogens is 176 g/mol. The lowest BCUT2D eigenvalue weighted by atomic mass is 10.1. The summed E-state index contributed by atoms with van der Waals surface area (Å²) in [6, 6.07) is 7.58. The highest BCUT2D eigenvalue weighted by Gasteiger charge is 2.18. The molecule has 0 spiro atoms. The minimum atomic E-state index is 0.325. The summed E-state index contributed by atoms with van der Waals surface area (Å²) in [5.41, 5.74) is 2.35. The van der Waals surface area contributed by atoms with Crippen LogP contribution in [0.5, 0.6) is 5.75 Å². The van der Waals surface area contributed by atoms with Crippen LogP contribution in [0, 0.1) is 11.3 Å². The molecule has 14 heavy (non-hydrogen) atoms. The largest absolute Gasteiger partial charge is 0.508 e. The van der Waals surface area contributed by atoms with Gasteiger partial charge < -0.3 is 10.0 Å². The fourth-order valence-corrected chi connectivity index (χ4v) is 1.87. The van der Waals surface area contributed by atoms with Gasteiger partial charge in [-0.3, -0.25) is 0 Å². The van der Waals surface area contributed by atoms with E-state index in [4.69, 9.17) is 5.26 Å². The number of benzene rings is 1. The normalized spacial score (nSPS) is 13.8. The van der Waals surface area contributed by atoms with E-state index < -0.39 is 0 Å². The van der Waals surface area contributed by atoms with Gasteiger partial charge in [0.1, 0.15) is 5.75 Å². The molecule has 0 radical (unpaired) electrons. The first-order valence-corrected chi connectivity index (χ1v) is 4.75. The van der Waals surface area contributed by atoms with Crippen LogP contribution < -0.4 is 4.90 Å². The van der Waals surface area contributed by atoms with Gasteiger partial charge in [0.05, 0.1) is 12.5 Å². The fourth-order valence-electron chi connectivity index (χ4n) is 1.87. The van der Waals surface area contributed by atoms with Crippen molar-refractivity contribution in [2.24, 2.45) is 0 Å². The summed E-state index contributed by atoms with van der Waals surface area (Å²) in [7, 11) is 0. The highest BCUT2D eigenvalue weighted by Crippen LogP contribution is 2.30. The van der Waals surface area contributed by atoms with Crippen molar-refractivity contribution in [1.29, 1.82) is 5.26 Å². The van der Waals surface area contributed by atoms with Crippen molar-refractivity contribution in [2.45, 2.75) is 12.8 Å². The van der Waals surface area contributed by atoms with Gasteiger partial charge in [-0.25, -0.2) is 0 Å². The molecule has 1 aliphatic rings. The Morgan fingerprint density at radius 3 is 3.14 bits per heavy atom. The first-order chi connectivity index (χ1) is 6.81. The minimum Gasteiger partial charge on any atom is -0.508 e. The number of anilines is 1. The summed E-state index contributed by atoms with van der Waals surface area (Å²) in [5, 5.41) is 17.8. The van der Waals surface area contributed by atoms with Crippen molar-refractivity contribution < 1.29 is 5.11 Å². The molecule has 3 heteroatoms. The van der Waals surface area contributed by atoms with E-state index in [2.05, 4.69) is 11.0 Å². The third kappa shape index (κ3) is 1.51. The van der Waals surface area contributed by atoms with Gasteiger partial charge in [-0.15, -0.1) is 0 Å². The molecule has 1 aromatic rings. The summed E-state index contributed by atoms with van der Waals surface area (Å²) < 4.78 is 0. The molecule has 1 aliphatic heterocycles. The van der Waals surface area contributed by atoms with Gasteiger partial charge in [0.15, 0.2) is 0 Å². The van der Waals surface area contributed by atoms with Crippen LogP contribution in [0.25, 0.3) is 0 Å². The van der Waals surface area contributed by atoms with E-state index >= 15 is 0 Å². The van der Waals surface area contributed by atoms with Gasteiger partial charge in [0, 0.05) is 18.8 Å². The van der Waals surface area contributed by atoms with Gasteiger partial charge in [-0.2, -0.15) is 5.26 Å². The van der Waals surface area contributed by atoms with Gasteiger partial charge in [0.2, 0.25) is 0 Å². The number of hydrogen-bond donors (Lipinski definition) is 1. The van der Waals surface area contributed by atoms with E-state index in [0.29, 0.717) is 12.2 Å². The average molecular weight is 188 g/mol.